The summed E-state index contributed by atoms with van der Waals surface area (Å²) in [6.07, 6.45) is 6.04. The smallest absolute Gasteiger partial charge is 0.266 e. The van der Waals surface area contributed by atoms with E-state index in [1.165, 1.54) is 0 Å². The predicted octanol–water partition coefficient (Wildman–Crippen LogP) is 6.35. The van der Waals surface area contributed by atoms with Gasteiger partial charge in [-0.1, -0.05) is 80.9 Å². The molecule has 1 unspecified atom stereocenters. The van der Waals surface area contributed by atoms with Gasteiger partial charge >= 0.3 is 0 Å². The van der Waals surface area contributed by atoms with Crippen molar-refractivity contribution < 1.29 is 4.79 Å². The number of carbonyl (C=O) groups is 1. The van der Waals surface area contributed by atoms with Crippen LogP contribution >= 0.6 is 0 Å². The minimum Gasteiger partial charge on any atom is -0.329 e. The fourth-order valence-electron chi connectivity index (χ4n) is 4.48. The molecule has 0 saturated heterocycles. The van der Waals surface area contributed by atoms with Gasteiger partial charge in [0.05, 0.1) is 22.6 Å². The molecule has 1 amide bonds. The summed E-state index contributed by atoms with van der Waals surface area (Å²) in [5, 5.41) is 0.565. The Kier molecular flexibility index (Phi) is 8.11. The zero-order valence-corrected chi connectivity index (χ0v) is 21.2. The Bertz CT molecular complexity index is 1420. The number of nitrogens with zero attached hydrogens (tertiary/aromatic N) is 3. The Balaban J connectivity index is 1.85. The van der Waals surface area contributed by atoms with Crippen molar-refractivity contribution in [2.45, 2.75) is 46.1 Å². The van der Waals surface area contributed by atoms with Gasteiger partial charge in [0.2, 0.25) is 5.91 Å². The van der Waals surface area contributed by atoms with Crippen LogP contribution in [0.25, 0.3) is 22.7 Å². The van der Waals surface area contributed by atoms with E-state index in [2.05, 4.69) is 13.8 Å². The van der Waals surface area contributed by atoms with Crippen molar-refractivity contribution in [1.29, 1.82) is 0 Å². The maximum absolute atomic E-state index is 13.8. The molecule has 0 aliphatic rings. The first-order valence-corrected chi connectivity index (χ1v) is 12.7. The Morgan fingerprint density at radius 1 is 0.972 bits per heavy atom. The third-order valence-electron chi connectivity index (χ3n) is 6.51. The number of unbranched alkanes of at least 4 members (excludes halogenated alkanes) is 1. The number of amides is 1. The lowest BCUT2D eigenvalue weighted by atomic mass is 10.1. The van der Waals surface area contributed by atoms with Crippen molar-refractivity contribution in [3.8, 4) is 5.69 Å². The van der Waals surface area contributed by atoms with E-state index in [4.69, 9.17) is 4.98 Å². The summed E-state index contributed by atoms with van der Waals surface area (Å²) in [7, 11) is 0. The van der Waals surface area contributed by atoms with Crippen LogP contribution in [0.2, 0.25) is 0 Å². The largest absolute Gasteiger partial charge is 0.329 e. The third kappa shape index (κ3) is 5.30. The van der Waals surface area contributed by atoms with Gasteiger partial charge in [-0.2, -0.15) is 0 Å². The minimum atomic E-state index is -0.410. The fraction of sp³-hybridized carbons (Fsp3) is 0.258. The number of hydrogen-bond acceptors (Lipinski definition) is 3. The summed E-state index contributed by atoms with van der Waals surface area (Å²) in [6, 6.07) is 24.7. The van der Waals surface area contributed by atoms with Crippen molar-refractivity contribution >= 4 is 22.9 Å². The van der Waals surface area contributed by atoms with E-state index >= 15 is 0 Å². The molecule has 0 bridgehead atoms. The topological polar surface area (TPSA) is 55.2 Å². The van der Waals surface area contributed by atoms with E-state index < -0.39 is 6.04 Å². The van der Waals surface area contributed by atoms with Crippen molar-refractivity contribution in [1.82, 2.24) is 14.5 Å². The van der Waals surface area contributed by atoms with Gasteiger partial charge in [-0.05, 0) is 55.2 Å². The number of hydrogen-bond donors (Lipinski definition) is 0. The predicted molar refractivity (Wildman–Crippen MR) is 147 cm³/mol. The number of aryl methyl sites for hydroxylation is 1. The maximum atomic E-state index is 13.8. The summed E-state index contributed by atoms with van der Waals surface area (Å²) in [5.41, 5.74) is 3.35. The van der Waals surface area contributed by atoms with Crippen LogP contribution in [0.1, 0.15) is 56.6 Å². The lowest BCUT2D eigenvalue weighted by molar-refractivity contribution is -0.128. The van der Waals surface area contributed by atoms with Crippen LogP contribution in [-0.4, -0.2) is 26.9 Å². The molecular weight excluding hydrogens is 446 g/mol. The molecule has 0 aliphatic heterocycles. The quantitative estimate of drug-likeness (QED) is 0.263. The number of fused-ring (bicyclic) bond motifs is 1. The highest BCUT2D eigenvalue weighted by atomic mass is 16.2. The van der Waals surface area contributed by atoms with Crippen LogP contribution in [0.5, 0.6) is 0 Å². The Morgan fingerprint density at radius 3 is 2.42 bits per heavy atom. The van der Waals surface area contributed by atoms with Crippen molar-refractivity contribution in [3.05, 3.63) is 112 Å². The van der Waals surface area contributed by atoms with E-state index in [9.17, 15) is 9.59 Å². The lowest BCUT2D eigenvalue weighted by Crippen LogP contribution is -2.37. The second-order valence-electron chi connectivity index (χ2n) is 8.92. The molecule has 0 N–H and O–H groups in total. The second kappa shape index (κ2) is 11.6. The number of carbonyl (C=O) groups excluding carboxylic acids is 1. The Morgan fingerprint density at radius 2 is 1.67 bits per heavy atom. The number of aromatic nitrogens is 2. The van der Waals surface area contributed by atoms with E-state index in [-0.39, 0.29) is 11.5 Å². The van der Waals surface area contributed by atoms with Gasteiger partial charge in [-0.3, -0.25) is 14.2 Å². The van der Waals surface area contributed by atoms with Crippen LogP contribution in [0.4, 0.5) is 0 Å². The summed E-state index contributed by atoms with van der Waals surface area (Å²) in [5.74, 6) is 0.467. The first kappa shape index (κ1) is 25.1. The van der Waals surface area contributed by atoms with Gasteiger partial charge in [0, 0.05) is 12.6 Å². The maximum Gasteiger partial charge on any atom is 0.266 e. The molecule has 1 aromatic heterocycles. The molecule has 0 fully saturated rings. The third-order valence-corrected chi connectivity index (χ3v) is 6.51. The molecule has 0 spiro atoms. The van der Waals surface area contributed by atoms with E-state index in [0.717, 1.165) is 36.1 Å². The summed E-state index contributed by atoms with van der Waals surface area (Å²) >= 11 is 0. The molecule has 0 aliphatic carbocycles. The SMILES string of the molecule is CCCCN(C(=O)/C=C/c1ccccc1)C(C)c1nc2ccccc2c(=O)n1-c1ccccc1CC. The summed E-state index contributed by atoms with van der Waals surface area (Å²) in [4.78, 5) is 34.1. The molecule has 4 rings (SSSR count). The zero-order chi connectivity index (χ0) is 25.5. The molecule has 3 aromatic carbocycles. The second-order valence-corrected chi connectivity index (χ2v) is 8.92. The molecule has 1 atom stereocenters. The Labute approximate surface area is 212 Å². The average Bonchev–Trinajstić information content (AvgIpc) is 2.92. The molecular formula is C31H33N3O2. The number of rotatable bonds is 9. The van der Waals surface area contributed by atoms with Crippen LogP contribution in [-0.2, 0) is 11.2 Å². The first-order chi connectivity index (χ1) is 17.5. The average molecular weight is 480 g/mol. The molecule has 5 nitrogen and oxygen atoms in total. The molecule has 5 heteroatoms. The van der Waals surface area contributed by atoms with Gasteiger partial charge in [0.25, 0.3) is 5.56 Å². The highest BCUT2D eigenvalue weighted by Crippen LogP contribution is 2.25. The normalized spacial score (nSPS) is 12.2. The lowest BCUT2D eigenvalue weighted by Gasteiger charge is -2.30. The molecule has 0 saturated carbocycles. The molecule has 36 heavy (non-hydrogen) atoms. The highest BCUT2D eigenvalue weighted by Gasteiger charge is 2.26. The van der Waals surface area contributed by atoms with Crippen LogP contribution in [0.3, 0.4) is 0 Å². The van der Waals surface area contributed by atoms with Gasteiger partial charge in [-0.25, -0.2) is 4.98 Å². The summed E-state index contributed by atoms with van der Waals surface area (Å²) in [6.45, 7) is 6.72. The van der Waals surface area contributed by atoms with Crippen molar-refractivity contribution in [3.63, 3.8) is 0 Å². The van der Waals surface area contributed by atoms with Gasteiger partial charge in [0.15, 0.2) is 0 Å². The van der Waals surface area contributed by atoms with E-state index in [0.29, 0.717) is 23.3 Å². The molecule has 0 radical (unpaired) electrons. The summed E-state index contributed by atoms with van der Waals surface area (Å²) < 4.78 is 1.71. The Hall–Kier alpha value is -3.99. The van der Waals surface area contributed by atoms with Gasteiger partial charge in [-0.15, -0.1) is 0 Å². The molecule has 184 valence electrons. The van der Waals surface area contributed by atoms with E-state index in [1.807, 2.05) is 96.8 Å². The van der Waals surface area contributed by atoms with Gasteiger partial charge < -0.3 is 4.90 Å². The minimum absolute atomic E-state index is 0.0995. The van der Waals surface area contributed by atoms with Gasteiger partial charge in [0.1, 0.15) is 5.82 Å². The number of para-hydroxylation sites is 2. The first-order valence-electron chi connectivity index (χ1n) is 12.7. The van der Waals surface area contributed by atoms with Crippen LogP contribution in [0, 0.1) is 0 Å². The van der Waals surface area contributed by atoms with E-state index in [1.54, 1.807) is 10.6 Å². The molecule has 1 heterocycles. The van der Waals surface area contributed by atoms with Crippen molar-refractivity contribution in [2.24, 2.45) is 0 Å². The fourth-order valence-corrected chi connectivity index (χ4v) is 4.48. The molecule has 4 aromatic rings. The van der Waals surface area contributed by atoms with Crippen molar-refractivity contribution in [2.75, 3.05) is 6.54 Å². The number of benzene rings is 3. The highest BCUT2D eigenvalue weighted by molar-refractivity contribution is 5.92. The van der Waals surface area contributed by atoms with Crippen LogP contribution in [0.15, 0.2) is 89.7 Å². The van der Waals surface area contributed by atoms with Crippen LogP contribution < -0.4 is 5.56 Å². The zero-order valence-electron chi connectivity index (χ0n) is 21.2. The monoisotopic (exact) mass is 479 g/mol. The standard InChI is InChI=1S/C31H33N3O2/c1-4-6-22-33(29(35)21-20-24-14-8-7-9-15-24)23(3)30-32-27-18-12-11-17-26(27)31(36)34(30)28-19-13-10-16-25(28)5-2/h7-21,23H,4-6,22H2,1-3H3/b21-20+.